The minimum atomic E-state index is 0.377. The number of nitrogens with one attached hydrogen (secondary N) is 3. The molecule has 4 rings (SSSR count). The van der Waals surface area contributed by atoms with Crippen molar-refractivity contribution in [2.45, 2.75) is 0 Å². The maximum absolute atomic E-state index is 5.22. The summed E-state index contributed by atoms with van der Waals surface area (Å²) in [6, 6.07) is 22.5. The fourth-order valence-electron chi connectivity index (χ4n) is 2.95. The molecule has 33 heavy (non-hydrogen) atoms. The van der Waals surface area contributed by atoms with Gasteiger partial charge in [0.15, 0.2) is 0 Å². The molecule has 0 unspecified atom stereocenters. The molecule has 1 aromatic heterocycles. The molecule has 9 nitrogen and oxygen atoms in total. The predicted molar refractivity (Wildman–Crippen MR) is 129 cm³/mol. The fraction of sp³-hybridized carbons (Fsp3) is 0.125. The van der Waals surface area contributed by atoms with E-state index in [9.17, 15) is 0 Å². The van der Waals surface area contributed by atoms with Crippen LogP contribution in [0.4, 0.5) is 34.9 Å². The lowest BCUT2D eigenvalue weighted by Crippen LogP contribution is -2.07. The second-order valence-corrected chi connectivity index (χ2v) is 6.87. The van der Waals surface area contributed by atoms with Crippen molar-refractivity contribution < 1.29 is 14.2 Å². The first-order valence-corrected chi connectivity index (χ1v) is 10.1. The van der Waals surface area contributed by atoms with Crippen LogP contribution in [-0.4, -0.2) is 36.3 Å². The van der Waals surface area contributed by atoms with E-state index in [0.29, 0.717) is 17.8 Å². The highest BCUT2D eigenvalue weighted by Gasteiger charge is 2.09. The van der Waals surface area contributed by atoms with Crippen molar-refractivity contribution in [3.8, 4) is 17.2 Å². The maximum atomic E-state index is 5.22. The highest BCUT2D eigenvalue weighted by molar-refractivity contribution is 5.62. The molecule has 0 aliphatic heterocycles. The van der Waals surface area contributed by atoms with Gasteiger partial charge in [0.25, 0.3) is 0 Å². The smallest absolute Gasteiger partial charge is 0.233 e. The largest absolute Gasteiger partial charge is 0.497 e. The molecule has 0 bridgehead atoms. The molecule has 0 fully saturated rings. The van der Waals surface area contributed by atoms with Crippen molar-refractivity contribution in [3.05, 3.63) is 72.8 Å². The zero-order valence-electron chi connectivity index (χ0n) is 18.5. The lowest BCUT2D eigenvalue weighted by Gasteiger charge is -2.12. The zero-order valence-corrected chi connectivity index (χ0v) is 18.5. The van der Waals surface area contributed by atoms with Crippen LogP contribution in [0.2, 0.25) is 0 Å². The molecule has 9 heteroatoms. The normalized spacial score (nSPS) is 10.3. The van der Waals surface area contributed by atoms with Gasteiger partial charge in [-0.25, -0.2) is 0 Å². The molecule has 0 amide bonds. The van der Waals surface area contributed by atoms with Crippen LogP contribution in [0.3, 0.4) is 0 Å². The third-order valence-electron chi connectivity index (χ3n) is 4.67. The number of anilines is 6. The van der Waals surface area contributed by atoms with Gasteiger partial charge in [0.05, 0.1) is 21.3 Å². The highest BCUT2D eigenvalue weighted by atomic mass is 16.5. The molecule has 0 aliphatic carbocycles. The molecule has 0 saturated heterocycles. The first-order chi connectivity index (χ1) is 16.1. The first-order valence-electron chi connectivity index (χ1n) is 10.1. The lowest BCUT2D eigenvalue weighted by atomic mass is 10.3. The Morgan fingerprint density at radius 3 is 0.879 bits per heavy atom. The minimum Gasteiger partial charge on any atom is -0.497 e. The summed E-state index contributed by atoms with van der Waals surface area (Å²) < 4.78 is 15.6. The quantitative estimate of drug-likeness (QED) is 0.324. The number of hydrogen-bond acceptors (Lipinski definition) is 9. The zero-order chi connectivity index (χ0) is 23.0. The van der Waals surface area contributed by atoms with Gasteiger partial charge >= 0.3 is 0 Å². The predicted octanol–water partition coefficient (Wildman–Crippen LogP) is 5.13. The Morgan fingerprint density at radius 1 is 0.424 bits per heavy atom. The van der Waals surface area contributed by atoms with Crippen molar-refractivity contribution in [1.82, 2.24) is 15.0 Å². The Kier molecular flexibility index (Phi) is 6.70. The molecule has 0 radical (unpaired) electrons. The summed E-state index contributed by atoms with van der Waals surface area (Å²) in [7, 11) is 4.88. The minimum absolute atomic E-state index is 0.377. The summed E-state index contributed by atoms with van der Waals surface area (Å²) in [4.78, 5) is 13.5. The Balaban J connectivity index is 1.61. The highest BCUT2D eigenvalue weighted by Crippen LogP contribution is 2.24. The molecular formula is C24H24N6O3. The van der Waals surface area contributed by atoms with Gasteiger partial charge in [-0.1, -0.05) is 0 Å². The fourth-order valence-corrected chi connectivity index (χ4v) is 2.95. The standard InChI is InChI=1S/C24H24N6O3/c1-31-19-10-4-16(5-11-19)25-22-28-23(26-17-6-12-20(32-2)13-7-17)30-24(29-22)27-18-8-14-21(33-3)15-9-18/h4-15H,1-3H3,(H3,25,26,27,28,29,30). The monoisotopic (exact) mass is 444 g/mol. The van der Waals surface area contributed by atoms with Crippen molar-refractivity contribution in [1.29, 1.82) is 0 Å². The lowest BCUT2D eigenvalue weighted by molar-refractivity contribution is 0.415. The van der Waals surface area contributed by atoms with E-state index >= 15 is 0 Å². The molecule has 3 N–H and O–H groups in total. The van der Waals surface area contributed by atoms with Gasteiger partial charge in [-0.3, -0.25) is 0 Å². The first kappa shape index (κ1) is 21.7. The number of methoxy groups -OCH3 is 3. The average Bonchev–Trinajstić information content (AvgIpc) is 2.85. The van der Waals surface area contributed by atoms with Crippen molar-refractivity contribution in [2.24, 2.45) is 0 Å². The second-order valence-electron chi connectivity index (χ2n) is 6.87. The molecule has 168 valence electrons. The van der Waals surface area contributed by atoms with Gasteiger partial charge < -0.3 is 30.2 Å². The van der Waals surface area contributed by atoms with E-state index in [-0.39, 0.29) is 0 Å². The average molecular weight is 444 g/mol. The number of nitrogens with zero attached hydrogens (tertiary/aromatic N) is 3. The molecule has 0 atom stereocenters. The van der Waals surface area contributed by atoms with Crippen LogP contribution in [-0.2, 0) is 0 Å². The third kappa shape index (κ3) is 5.79. The molecule has 0 saturated carbocycles. The van der Waals surface area contributed by atoms with Crippen LogP contribution in [0, 0.1) is 0 Å². The molecule has 0 spiro atoms. The van der Waals surface area contributed by atoms with E-state index in [1.807, 2.05) is 72.8 Å². The van der Waals surface area contributed by atoms with Crippen molar-refractivity contribution in [3.63, 3.8) is 0 Å². The SMILES string of the molecule is COc1ccc(Nc2nc(Nc3ccc(OC)cc3)nc(Nc3ccc(OC)cc3)n2)cc1. The molecule has 3 aromatic carbocycles. The third-order valence-corrected chi connectivity index (χ3v) is 4.67. The topological polar surface area (TPSA) is 102 Å². The number of ether oxygens (including phenoxy) is 3. The van der Waals surface area contributed by atoms with Crippen LogP contribution in [0.5, 0.6) is 17.2 Å². The number of rotatable bonds is 9. The van der Waals surface area contributed by atoms with E-state index in [4.69, 9.17) is 14.2 Å². The summed E-state index contributed by atoms with van der Waals surface area (Å²) in [5.41, 5.74) is 2.44. The second kappa shape index (κ2) is 10.2. The van der Waals surface area contributed by atoms with Gasteiger partial charge in [-0.05, 0) is 72.8 Å². The number of aromatic nitrogens is 3. The summed E-state index contributed by atoms with van der Waals surface area (Å²) in [5.74, 6) is 3.42. The van der Waals surface area contributed by atoms with E-state index in [2.05, 4.69) is 30.9 Å². The molecule has 1 heterocycles. The van der Waals surface area contributed by atoms with Crippen molar-refractivity contribution in [2.75, 3.05) is 37.3 Å². The van der Waals surface area contributed by atoms with Crippen LogP contribution >= 0.6 is 0 Å². The van der Waals surface area contributed by atoms with Gasteiger partial charge in [0.2, 0.25) is 17.8 Å². The number of hydrogen-bond donors (Lipinski definition) is 3. The van der Waals surface area contributed by atoms with Crippen LogP contribution in [0.1, 0.15) is 0 Å². The molecular weight excluding hydrogens is 420 g/mol. The Bertz CT molecular complexity index is 1020. The Labute approximate surface area is 191 Å². The van der Waals surface area contributed by atoms with Gasteiger partial charge in [0, 0.05) is 17.1 Å². The number of benzene rings is 3. The molecule has 0 aliphatic rings. The summed E-state index contributed by atoms with van der Waals surface area (Å²) in [5, 5.41) is 9.62. The Morgan fingerprint density at radius 2 is 0.667 bits per heavy atom. The van der Waals surface area contributed by atoms with Crippen molar-refractivity contribution >= 4 is 34.9 Å². The summed E-state index contributed by atoms with van der Waals surface area (Å²) in [6.45, 7) is 0. The van der Waals surface area contributed by atoms with Crippen LogP contribution < -0.4 is 30.2 Å². The van der Waals surface area contributed by atoms with E-state index in [0.717, 1.165) is 34.3 Å². The van der Waals surface area contributed by atoms with Crippen LogP contribution in [0.15, 0.2) is 72.8 Å². The van der Waals surface area contributed by atoms with Gasteiger partial charge in [-0.15, -0.1) is 0 Å². The molecule has 4 aromatic rings. The Hall–Kier alpha value is -4.53. The summed E-state index contributed by atoms with van der Waals surface area (Å²) in [6.07, 6.45) is 0. The van der Waals surface area contributed by atoms with Gasteiger partial charge in [-0.2, -0.15) is 15.0 Å². The van der Waals surface area contributed by atoms with Crippen LogP contribution in [0.25, 0.3) is 0 Å². The van der Waals surface area contributed by atoms with E-state index < -0.39 is 0 Å². The van der Waals surface area contributed by atoms with E-state index in [1.54, 1.807) is 21.3 Å². The van der Waals surface area contributed by atoms with Gasteiger partial charge in [0.1, 0.15) is 17.2 Å². The summed E-state index contributed by atoms with van der Waals surface area (Å²) >= 11 is 0. The van der Waals surface area contributed by atoms with E-state index in [1.165, 1.54) is 0 Å². The maximum Gasteiger partial charge on any atom is 0.233 e.